The van der Waals surface area contributed by atoms with Crippen LogP contribution < -0.4 is 9.47 Å². The first kappa shape index (κ1) is 28.4. The van der Waals surface area contributed by atoms with E-state index < -0.39 is 48.6 Å². The van der Waals surface area contributed by atoms with Gasteiger partial charge in [-0.25, -0.2) is 0 Å². The standard InChI is InChI=1S/C20H23ClO7.C5H6O4/c1-2-26-12-4-6-13(7-5-12)27-15-8-3-11(9-14(15)21)20-19(25)18(24)17(23)16(10-22)28-20;6-3-1-9-2-4(7)5(3)8/h3-9,16-20,22-25H,2,10H2,1H3;1,6-8H,2H2/t16-,17-,18+,19-,20+;/m1./s1. The molecule has 0 radical (unpaired) electrons. The van der Waals surface area contributed by atoms with Crippen LogP contribution in [0.15, 0.2) is 66.0 Å². The molecular formula is C25H29ClO11. The fraction of sp³-hybridized carbons (Fsp3) is 0.360. The first-order chi connectivity index (χ1) is 17.7. The van der Waals surface area contributed by atoms with Crippen molar-refractivity contribution in [1.29, 1.82) is 0 Å². The molecule has 1 saturated heterocycles. The van der Waals surface area contributed by atoms with E-state index in [1.54, 1.807) is 42.5 Å². The largest absolute Gasteiger partial charge is 0.505 e. The number of halogens is 1. The molecule has 2 aromatic carbocycles. The summed E-state index contributed by atoms with van der Waals surface area (Å²) in [6.45, 7) is 1.90. The van der Waals surface area contributed by atoms with Gasteiger partial charge >= 0.3 is 0 Å². The van der Waals surface area contributed by atoms with Crippen LogP contribution in [0.1, 0.15) is 18.6 Å². The molecule has 37 heavy (non-hydrogen) atoms. The van der Waals surface area contributed by atoms with E-state index in [1.807, 2.05) is 6.92 Å². The molecule has 12 heteroatoms. The van der Waals surface area contributed by atoms with Gasteiger partial charge in [0.05, 0.1) is 18.2 Å². The summed E-state index contributed by atoms with van der Waals surface area (Å²) in [6.07, 6.45) is -5.19. The van der Waals surface area contributed by atoms with Crippen molar-refractivity contribution < 1.29 is 54.7 Å². The van der Waals surface area contributed by atoms with Crippen LogP contribution in [0.2, 0.25) is 5.02 Å². The Morgan fingerprint density at radius 2 is 1.62 bits per heavy atom. The Morgan fingerprint density at radius 3 is 2.19 bits per heavy atom. The lowest BCUT2D eigenvalue weighted by atomic mass is 9.91. The van der Waals surface area contributed by atoms with Crippen LogP contribution in [-0.2, 0) is 9.47 Å². The molecule has 2 heterocycles. The SMILES string of the molecule is CCOc1ccc(Oc2ccc([C@@H]3O[C@H](CO)[C@@H](O)[C@H](O)[C@H]3O)cc2Cl)cc1.OC1=COCC(O)=C1O. The fourth-order valence-electron chi connectivity index (χ4n) is 3.52. The number of hydrogen-bond donors (Lipinski definition) is 7. The number of hydrogen-bond acceptors (Lipinski definition) is 11. The average Bonchev–Trinajstić information content (AvgIpc) is 2.89. The predicted molar refractivity (Wildman–Crippen MR) is 131 cm³/mol. The van der Waals surface area contributed by atoms with Crippen molar-refractivity contribution in [2.24, 2.45) is 0 Å². The molecule has 1 fully saturated rings. The zero-order valence-corrected chi connectivity index (χ0v) is 20.5. The van der Waals surface area contributed by atoms with Crippen LogP contribution in [-0.4, -0.2) is 80.0 Å². The maximum Gasteiger partial charge on any atom is 0.202 e. The van der Waals surface area contributed by atoms with Crippen LogP contribution in [0.5, 0.6) is 17.2 Å². The molecule has 2 aliphatic rings. The quantitative estimate of drug-likeness (QED) is 0.286. The van der Waals surface area contributed by atoms with Gasteiger partial charge in [0, 0.05) is 0 Å². The summed E-state index contributed by atoms with van der Waals surface area (Å²) in [6, 6.07) is 11.9. The maximum absolute atomic E-state index is 10.2. The molecule has 0 aliphatic carbocycles. The van der Waals surface area contributed by atoms with Crippen molar-refractivity contribution in [2.45, 2.75) is 37.4 Å². The van der Waals surface area contributed by atoms with E-state index in [2.05, 4.69) is 4.74 Å². The lowest BCUT2D eigenvalue weighted by Crippen LogP contribution is -2.55. The minimum atomic E-state index is -1.45. The van der Waals surface area contributed by atoms with E-state index in [-0.39, 0.29) is 17.4 Å². The van der Waals surface area contributed by atoms with Gasteiger partial charge in [0.15, 0.2) is 11.5 Å². The lowest BCUT2D eigenvalue weighted by Gasteiger charge is -2.40. The summed E-state index contributed by atoms with van der Waals surface area (Å²) in [5.74, 6) is 0.402. The van der Waals surface area contributed by atoms with Crippen molar-refractivity contribution in [3.63, 3.8) is 0 Å². The smallest absolute Gasteiger partial charge is 0.202 e. The van der Waals surface area contributed by atoms with Gasteiger partial charge in [-0.2, -0.15) is 0 Å². The topological polar surface area (TPSA) is 179 Å². The van der Waals surface area contributed by atoms with Gasteiger partial charge in [-0.1, -0.05) is 17.7 Å². The van der Waals surface area contributed by atoms with Gasteiger partial charge in [0.25, 0.3) is 0 Å². The van der Waals surface area contributed by atoms with Crippen molar-refractivity contribution >= 4 is 11.6 Å². The fourth-order valence-corrected chi connectivity index (χ4v) is 3.75. The second-order valence-corrected chi connectivity index (χ2v) is 8.46. The highest BCUT2D eigenvalue weighted by Crippen LogP contribution is 2.37. The Kier molecular flexibility index (Phi) is 9.86. The number of aliphatic hydroxyl groups excluding tert-OH is 7. The van der Waals surface area contributed by atoms with Crippen molar-refractivity contribution in [3.05, 3.63) is 76.6 Å². The molecule has 0 bridgehead atoms. The number of rotatable bonds is 6. The minimum absolute atomic E-state index is 0.0874. The Morgan fingerprint density at radius 1 is 0.946 bits per heavy atom. The number of benzene rings is 2. The molecule has 202 valence electrons. The summed E-state index contributed by atoms with van der Waals surface area (Å²) in [7, 11) is 0. The van der Waals surface area contributed by atoms with Gasteiger partial charge < -0.3 is 54.7 Å². The summed E-state index contributed by atoms with van der Waals surface area (Å²) >= 11 is 6.31. The van der Waals surface area contributed by atoms with Crippen LogP contribution in [0.25, 0.3) is 0 Å². The Bertz CT molecular complexity index is 1100. The van der Waals surface area contributed by atoms with Crippen molar-refractivity contribution in [3.8, 4) is 17.2 Å². The molecular weight excluding hydrogens is 512 g/mol. The summed E-state index contributed by atoms with van der Waals surface area (Å²) < 4.78 is 21.2. The van der Waals surface area contributed by atoms with E-state index in [4.69, 9.17) is 41.1 Å². The molecule has 7 N–H and O–H groups in total. The van der Waals surface area contributed by atoms with Gasteiger partial charge in [-0.05, 0) is 48.9 Å². The van der Waals surface area contributed by atoms with Gasteiger partial charge in [0.1, 0.15) is 60.6 Å². The predicted octanol–water partition coefficient (Wildman–Crippen LogP) is 2.79. The highest BCUT2D eigenvalue weighted by atomic mass is 35.5. The van der Waals surface area contributed by atoms with Gasteiger partial charge in [-0.15, -0.1) is 0 Å². The molecule has 0 amide bonds. The lowest BCUT2D eigenvalue weighted by molar-refractivity contribution is -0.231. The molecule has 11 nitrogen and oxygen atoms in total. The Labute approximate surface area is 217 Å². The monoisotopic (exact) mass is 540 g/mol. The first-order valence-corrected chi connectivity index (χ1v) is 11.7. The second kappa shape index (κ2) is 12.9. The van der Waals surface area contributed by atoms with E-state index in [9.17, 15) is 20.4 Å². The van der Waals surface area contributed by atoms with E-state index in [0.29, 0.717) is 23.7 Å². The normalized spacial score (nSPS) is 25.4. The third kappa shape index (κ3) is 6.98. The summed E-state index contributed by atoms with van der Waals surface area (Å²) in [5, 5.41) is 65.6. The third-order valence-corrected chi connectivity index (χ3v) is 5.77. The second-order valence-electron chi connectivity index (χ2n) is 8.06. The van der Waals surface area contributed by atoms with Crippen LogP contribution in [0, 0.1) is 0 Å². The Hall–Kier alpha value is -3.19. The van der Waals surface area contributed by atoms with E-state index in [0.717, 1.165) is 12.0 Å². The molecule has 5 atom stereocenters. The van der Waals surface area contributed by atoms with Crippen LogP contribution in [0.4, 0.5) is 0 Å². The molecule has 2 aliphatic heterocycles. The summed E-state index contributed by atoms with van der Waals surface area (Å²) in [4.78, 5) is 0. The highest BCUT2D eigenvalue weighted by Gasteiger charge is 2.44. The number of aliphatic hydroxyl groups is 7. The third-order valence-electron chi connectivity index (χ3n) is 5.47. The zero-order chi connectivity index (χ0) is 27.1. The molecule has 0 spiro atoms. The highest BCUT2D eigenvalue weighted by molar-refractivity contribution is 6.32. The molecule has 0 unspecified atom stereocenters. The average molecular weight is 541 g/mol. The zero-order valence-electron chi connectivity index (χ0n) is 19.8. The van der Waals surface area contributed by atoms with Crippen LogP contribution >= 0.6 is 11.6 Å². The molecule has 4 rings (SSSR count). The van der Waals surface area contributed by atoms with Gasteiger partial charge in [0.2, 0.25) is 5.76 Å². The van der Waals surface area contributed by atoms with Crippen molar-refractivity contribution in [1.82, 2.24) is 0 Å². The molecule has 2 aromatic rings. The van der Waals surface area contributed by atoms with Crippen LogP contribution in [0.3, 0.4) is 0 Å². The molecule has 0 saturated carbocycles. The summed E-state index contributed by atoms with van der Waals surface area (Å²) in [5.41, 5.74) is 0.487. The van der Waals surface area contributed by atoms with Gasteiger partial charge in [-0.3, -0.25) is 0 Å². The van der Waals surface area contributed by atoms with E-state index >= 15 is 0 Å². The Balaban J connectivity index is 0.000000356. The maximum atomic E-state index is 10.2. The number of ether oxygens (including phenoxy) is 4. The molecule has 0 aromatic heterocycles. The van der Waals surface area contributed by atoms with E-state index in [1.165, 1.54) is 0 Å². The first-order valence-electron chi connectivity index (χ1n) is 11.3. The van der Waals surface area contributed by atoms with Crippen molar-refractivity contribution in [2.75, 3.05) is 19.8 Å². The minimum Gasteiger partial charge on any atom is -0.505 e.